The zero-order valence-corrected chi connectivity index (χ0v) is 8.79. The maximum Gasteiger partial charge on any atom is 0.137 e. The lowest BCUT2D eigenvalue weighted by atomic mass is 10.3. The Bertz CT molecular complexity index is 269. The summed E-state index contributed by atoms with van der Waals surface area (Å²) < 4.78 is 4.93. The van der Waals surface area contributed by atoms with Gasteiger partial charge in [-0.05, 0) is 19.1 Å². The molecular weight excluding hydrogens is 162 g/mol. The molecule has 0 saturated carbocycles. The number of rotatable bonds is 2. The topological polar surface area (TPSA) is 22.1 Å². The van der Waals surface area contributed by atoms with E-state index in [0.29, 0.717) is 5.76 Å². The van der Waals surface area contributed by atoms with Gasteiger partial charge in [-0.3, -0.25) is 0 Å². The molecule has 13 heavy (non-hydrogen) atoms. The third kappa shape index (κ3) is 3.74. The third-order valence-electron chi connectivity index (χ3n) is 1.42. The van der Waals surface area contributed by atoms with Gasteiger partial charge in [0, 0.05) is 5.69 Å². The van der Waals surface area contributed by atoms with Crippen LogP contribution in [0.2, 0.25) is 0 Å². The number of nitrogens with zero attached hydrogens (tertiary/aromatic N) is 1. The monoisotopic (exact) mass is 179 g/mol. The van der Waals surface area contributed by atoms with Crippen molar-refractivity contribution in [2.75, 3.05) is 7.11 Å². The number of pyridine rings is 1. The molecule has 0 saturated heterocycles. The average molecular weight is 179 g/mol. The first-order chi connectivity index (χ1) is 6.24. The second-order valence-electron chi connectivity index (χ2n) is 2.29. The molecule has 0 spiro atoms. The van der Waals surface area contributed by atoms with E-state index >= 15 is 0 Å². The maximum atomic E-state index is 4.93. The lowest BCUT2D eigenvalue weighted by molar-refractivity contribution is 0.369. The van der Waals surface area contributed by atoms with Crippen molar-refractivity contribution in [2.45, 2.75) is 20.8 Å². The van der Waals surface area contributed by atoms with Crippen LogP contribution in [0.25, 0.3) is 5.76 Å². The summed E-state index contributed by atoms with van der Waals surface area (Å²) in [6.45, 7) is 9.64. The highest BCUT2D eigenvalue weighted by Gasteiger charge is 1.97. The van der Waals surface area contributed by atoms with E-state index in [0.717, 1.165) is 11.4 Å². The van der Waals surface area contributed by atoms with Crippen LogP contribution in [-0.4, -0.2) is 12.1 Å². The van der Waals surface area contributed by atoms with Crippen molar-refractivity contribution in [1.29, 1.82) is 0 Å². The van der Waals surface area contributed by atoms with Crippen molar-refractivity contribution in [3.63, 3.8) is 0 Å². The van der Waals surface area contributed by atoms with Gasteiger partial charge in [-0.2, -0.15) is 0 Å². The van der Waals surface area contributed by atoms with Crippen LogP contribution in [0.5, 0.6) is 0 Å². The van der Waals surface area contributed by atoms with E-state index in [1.807, 2.05) is 39.0 Å². The van der Waals surface area contributed by atoms with E-state index in [1.54, 1.807) is 7.11 Å². The fourth-order valence-corrected chi connectivity index (χ4v) is 0.803. The number of hydrogen-bond acceptors (Lipinski definition) is 2. The summed E-state index contributed by atoms with van der Waals surface area (Å²) in [7, 11) is 1.59. The van der Waals surface area contributed by atoms with E-state index in [9.17, 15) is 0 Å². The predicted octanol–water partition coefficient (Wildman–Crippen LogP) is 3.03. The Kier molecular flexibility index (Phi) is 5.60. The number of methoxy groups -OCH3 is 1. The van der Waals surface area contributed by atoms with E-state index in [-0.39, 0.29) is 0 Å². The van der Waals surface area contributed by atoms with Crippen molar-refractivity contribution in [2.24, 2.45) is 0 Å². The lowest BCUT2D eigenvalue weighted by Crippen LogP contribution is -1.91. The van der Waals surface area contributed by atoms with Crippen LogP contribution < -0.4 is 0 Å². The van der Waals surface area contributed by atoms with E-state index in [1.165, 1.54) is 0 Å². The van der Waals surface area contributed by atoms with Gasteiger partial charge in [-0.15, -0.1) is 0 Å². The molecule has 0 unspecified atom stereocenters. The van der Waals surface area contributed by atoms with E-state index in [2.05, 4.69) is 11.6 Å². The minimum Gasteiger partial charge on any atom is -0.495 e. The molecular formula is C11H17NO. The van der Waals surface area contributed by atoms with Crippen LogP contribution >= 0.6 is 0 Å². The molecule has 2 nitrogen and oxygen atoms in total. The molecule has 0 N–H and O–H groups in total. The highest BCUT2D eigenvalue weighted by Crippen LogP contribution is 2.09. The molecule has 1 aromatic heterocycles. The Morgan fingerprint density at radius 2 is 2.00 bits per heavy atom. The highest BCUT2D eigenvalue weighted by atomic mass is 16.5. The fraction of sp³-hybridized carbons (Fsp3) is 0.364. The molecule has 0 bridgehead atoms. The Balaban J connectivity index is 0.000000671. The molecule has 0 aliphatic carbocycles. The summed E-state index contributed by atoms with van der Waals surface area (Å²) in [5.74, 6) is 0.605. The van der Waals surface area contributed by atoms with E-state index in [4.69, 9.17) is 4.74 Å². The molecule has 0 radical (unpaired) electrons. The molecule has 72 valence electrons. The fourth-order valence-electron chi connectivity index (χ4n) is 0.803. The van der Waals surface area contributed by atoms with Crippen LogP contribution in [0.3, 0.4) is 0 Å². The van der Waals surface area contributed by atoms with Gasteiger partial charge in [-0.1, -0.05) is 26.5 Å². The van der Waals surface area contributed by atoms with Crippen LogP contribution in [0.1, 0.15) is 25.2 Å². The number of hydrogen-bond donors (Lipinski definition) is 0. The van der Waals surface area contributed by atoms with Gasteiger partial charge in [-0.25, -0.2) is 4.98 Å². The summed E-state index contributed by atoms with van der Waals surface area (Å²) in [5.41, 5.74) is 1.77. The van der Waals surface area contributed by atoms with Crippen LogP contribution in [0.4, 0.5) is 0 Å². The van der Waals surface area contributed by atoms with Crippen molar-refractivity contribution < 1.29 is 4.74 Å². The molecule has 0 aromatic carbocycles. The molecule has 0 aliphatic heterocycles. The van der Waals surface area contributed by atoms with Gasteiger partial charge in [0.05, 0.1) is 7.11 Å². The van der Waals surface area contributed by atoms with Gasteiger partial charge in [0.25, 0.3) is 0 Å². The maximum absolute atomic E-state index is 4.93. The molecule has 0 atom stereocenters. The number of aromatic nitrogens is 1. The first-order valence-electron chi connectivity index (χ1n) is 4.41. The van der Waals surface area contributed by atoms with E-state index < -0.39 is 0 Å². The smallest absolute Gasteiger partial charge is 0.137 e. The second kappa shape index (κ2) is 6.23. The van der Waals surface area contributed by atoms with Crippen LogP contribution in [0.15, 0.2) is 24.8 Å². The molecule has 0 fully saturated rings. The number of aryl methyl sites for hydroxylation is 1. The van der Waals surface area contributed by atoms with Gasteiger partial charge < -0.3 is 4.74 Å². The minimum atomic E-state index is 0.605. The Labute approximate surface area is 80.3 Å². The minimum absolute atomic E-state index is 0.605. The SMILES string of the molecule is C=C(OC)c1cccc(C)n1.CC. The molecule has 1 heterocycles. The molecule has 2 heteroatoms. The molecule has 0 amide bonds. The zero-order valence-electron chi connectivity index (χ0n) is 8.79. The van der Waals surface area contributed by atoms with Crippen LogP contribution in [0, 0.1) is 6.92 Å². The average Bonchev–Trinajstić information content (AvgIpc) is 2.20. The first kappa shape index (κ1) is 11.7. The molecule has 1 aromatic rings. The first-order valence-corrected chi connectivity index (χ1v) is 4.41. The van der Waals surface area contributed by atoms with Gasteiger partial charge in [0.15, 0.2) is 0 Å². The Morgan fingerprint density at radius 1 is 1.38 bits per heavy atom. The molecule has 1 rings (SSSR count). The Morgan fingerprint density at radius 3 is 2.46 bits per heavy atom. The van der Waals surface area contributed by atoms with Crippen molar-refractivity contribution >= 4 is 5.76 Å². The van der Waals surface area contributed by atoms with Gasteiger partial charge in [0.2, 0.25) is 0 Å². The largest absolute Gasteiger partial charge is 0.495 e. The number of ether oxygens (including phenoxy) is 1. The Hall–Kier alpha value is -1.31. The zero-order chi connectivity index (χ0) is 10.3. The van der Waals surface area contributed by atoms with Crippen molar-refractivity contribution in [3.05, 3.63) is 36.2 Å². The van der Waals surface area contributed by atoms with Crippen molar-refractivity contribution in [1.82, 2.24) is 4.98 Å². The standard InChI is InChI=1S/C9H11NO.C2H6/c1-7-5-4-6-9(10-7)8(2)11-3;1-2/h4-6H,2H2,1,3H3;1-2H3. The van der Waals surface area contributed by atoms with Crippen LogP contribution in [-0.2, 0) is 4.74 Å². The summed E-state index contributed by atoms with van der Waals surface area (Å²) in [6.07, 6.45) is 0. The second-order valence-corrected chi connectivity index (χ2v) is 2.29. The normalized spacial score (nSPS) is 8.31. The third-order valence-corrected chi connectivity index (χ3v) is 1.42. The quantitative estimate of drug-likeness (QED) is 0.651. The summed E-state index contributed by atoms with van der Waals surface area (Å²) >= 11 is 0. The summed E-state index contributed by atoms with van der Waals surface area (Å²) in [6, 6.07) is 5.74. The lowest BCUT2D eigenvalue weighted by Gasteiger charge is -2.02. The van der Waals surface area contributed by atoms with Gasteiger partial charge in [0.1, 0.15) is 11.5 Å². The highest BCUT2D eigenvalue weighted by molar-refractivity contribution is 5.53. The molecule has 0 aliphatic rings. The predicted molar refractivity (Wildman–Crippen MR) is 56.4 cm³/mol. The van der Waals surface area contributed by atoms with Gasteiger partial charge >= 0.3 is 0 Å². The summed E-state index contributed by atoms with van der Waals surface area (Å²) in [5, 5.41) is 0. The van der Waals surface area contributed by atoms with Crippen molar-refractivity contribution in [3.8, 4) is 0 Å². The summed E-state index contributed by atoms with van der Waals surface area (Å²) in [4.78, 5) is 4.22.